The van der Waals surface area contributed by atoms with Gasteiger partial charge in [0, 0.05) is 17.1 Å². The smallest absolute Gasteiger partial charge is 0.0588 e. The van der Waals surface area contributed by atoms with Crippen LogP contribution < -0.4 is 5.32 Å². The van der Waals surface area contributed by atoms with E-state index in [2.05, 4.69) is 24.4 Å². The molecule has 0 fully saturated rings. The highest BCUT2D eigenvalue weighted by Gasteiger charge is 2.13. The van der Waals surface area contributed by atoms with Crippen molar-refractivity contribution in [3.8, 4) is 0 Å². The van der Waals surface area contributed by atoms with Crippen LogP contribution in [0.5, 0.6) is 0 Å². The molecule has 2 nitrogen and oxygen atoms in total. The molecule has 0 spiro atoms. The van der Waals surface area contributed by atoms with Crippen LogP contribution in [0.2, 0.25) is 5.02 Å². The molecule has 0 heterocycles. The number of aliphatic hydroxyl groups excluding tert-OH is 1. The first-order valence-corrected chi connectivity index (χ1v) is 7.23. The molecule has 0 radical (unpaired) electrons. The first-order valence-electron chi connectivity index (χ1n) is 6.85. The third-order valence-electron chi connectivity index (χ3n) is 3.40. The van der Waals surface area contributed by atoms with Gasteiger partial charge in [-0.3, -0.25) is 0 Å². The second-order valence-electron chi connectivity index (χ2n) is 5.01. The van der Waals surface area contributed by atoms with E-state index in [0.29, 0.717) is 0 Å². The zero-order valence-corrected chi connectivity index (χ0v) is 12.3. The van der Waals surface area contributed by atoms with E-state index in [1.165, 1.54) is 11.1 Å². The molecule has 3 heteroatoms. The van der Waals surface area contributed by atoms with E-state index in [-0.39, 0.29) is 18.7 Å². The summed E-state index contributed by atoms with van der Waals surface area (Å²) in [6.07, 6.45) is 0.815. The summed E-state index contributed by atoms with van der Waals surface area (Å²) in [5.74, 6) is 0. The summed E-state index contributed by atoms with van der Waals surface area (Å²) in [7, 11) is 0. The molecule has 0 amide bonds. The normalized spacial score (nSPS) is 13.9. The third kappa shape index (κ3) is 4.34. The van der Waals surface area contributed by atoms with Crippen molar-refractivity contribution in [1.29, 1.82) is 0 Å². The van der Waals surface area contributed by atoms with Crippen molar-refractivity contribution in [3.05, 3.63) is 70.7 Å². The van der Waals surface area contributed by atoms with Gasteiger partial charge in [-0.25, -0.2) is 0 Å². The van der Waals surface area contributed by atoms with Crippen molar-refractivity contribution in [2.45, 2.75) is 25.4 Å². The van der Waals surface area contributed by atoms with Gasteiger partial charge in [-0.2, -0.15) is 0 Å². The van der Waals surface area contributed by atoms with Gasteiger partial charge in [0.05, 0.1) is 6.61 Å². The van der Waals surface area contributed by atoms with Crippen molar-refractivity contribution in [3.63, 3.8) is 0 Å². The summed E-state index contributed by atoms with van der Waals surface area (Å²) in [5.41, 5.74) is 2.39. The molecule has 0 aliphatic carbocycles. The van der Waals surface area contributed by atoms with Gasteiger partial charge in [0.2, 0.25) is 0 Å². The zero-order valence-electron chi connectivity index (χ0n) is 11.6. The number of halogens is 1. The first kappa shape index (κ1) is 15.0. The van der Waals surface area contributed by atoms with Crippen molar-refractivity contribution in [2.24, 2.45) is 0 Å². The molecule has 0 saturated carbocycles. The lowest BCUT2D eigenvalue weighted by atomic mass is 10.0. The second kappa shape index (κ2) is 7.44. The monoisotopic (exact) mass is 289 g/mol. The molecule has 2 N–H and O–H groups in total. The van der Waals surface area contributed by atoms with Gasteiger partial charge in [0.15, 0.2) is 0 Å². The Morgan fingerprint density at radius 2 is 1.70 bits per heavy atom. The summed E-state index contributed by atoms with van der Waals surface area (Å²) in [4.78, 5) is 0. The fraction of sp³-hybridized carbons (Fsp3) is 0.294. The molecular formula is C17H20ClNO. The topological polar surface area (TPSA) is 32.3 Å². The highest BCUT2D eigenvalue weighted by molar-refractivity contribution is 6.30. The van der Waals surface area contributed by atoms with Crippen molar-refractivity contribution in [2.75, 3.05) is 6.61 Å². The first-order chi connectivity index (χ1) is 9.69. The fourth-order valence-electron chi connectivity index (χ4n) is 2.28. The third-order valence-corrected chi connectivity index (χ3v) is 3.65. The Kier molecular flexibility index (Phi) is 5.60. The van der Waals surface area contributed by atoms with Gasteiger partial charge in [-0.05, 0) is 36.6 Å². The Bertz CT molecular complexity index is 512. The van der Waals surface area contributed by atoms with Crippen LogP contribution in [0.1, 0.15) is 24.1 Å². The average Bonchev–Trinajstić information content (AvgIpc) is 2.48. The van der Waals surface area contributed by atoms with Crippen molar-refractivity contribution in [1.82, 2.24) is 5.32 Å². The minimum absolute atomic E-state index is 0.0445. The maximum Gasteiger partial charge on any atom is 0.0588 e. The van der Waals surface area contributed by atoms with Gasteiger partial charge in [0.1, 0.15) is 0 Å². The van der Waals surface area contributed by atoms with Crippen LogP contribution in [0, 0.1) is 0 Å². The van der Waals surface area contributed by atoms with Crippen LogP contribution in [0.4, 0.5) is 0 Å². The summed E-state index contributed by atoms with van der Waals surface area (Å²) >= 11 is 5.90. The van der Waals surface area contributed by atoms with Crippen LogP contribution in [-0.4, -0.2) is 17.8 Å². The lowest BCUT2D eigenvalue weighted by Gasteiger charge is -2.22. The Labute approximate surface area is 125 Å². The lowest BCUT2D eigenvalue weighted by Crippen LogP contribution is -2.36. The molecule has 106 valence electrons. The quantitative estimate of drug-likeness (QED) is 0.852. The van der Waals surface area contributed by atoms with Crippen LogP contribution in [0.25, 0.3) is 0 Å². The van der Waals surface area contributed by atoms with E-state index in [9.17, 15) is 5.11 Å². The summed E-state index contributed by atoms with van der Waals surface area (Å²) in [5, 5.41) is 13.7. The number of nitrogens with one attached hydrogen (secondary N) is 1. The molecule has 2 aromatic rings. The Morgan fingerprint density at radius 1 is 1.05 bits per heavy atom. The molecule has 0 bridgehead atoms. The molecule has 0 aromatic heterocycles. The van der Waals surface area contributed by atoms with Crippen LogP contribution in [-0.2, 0) is 6.42 Å². The SMILES string of the molecule is CC(NC(CO)Cc1ccccc1)c1ccc(Cl)cc1. The predicted octanol–water partition coefficient (Wildman–Crippen LogP) is 3.59. The summed E-state index contributed by atoms with van der Waals surface area (Å²) in [6, 6.07) is 18.2. The standard InChI is InChI=1S/C17H20ClNO/c1-13(15-7-9-16(18)10-8-15)19-17(12-20)11-14-5-3-2-4-6-14/h2-10,13,17,19-20H,11-12H2,1H3. The average molecular weight is 290 g/mol. The Balaban J connectivity index is 1.97. The fourth-order valence-corrected chi connectivity index (χ4v) is 2.40. The maximum atomic E-state index is 9.54. The summed E-state index contributed by atoms with van der Waals surface area (Å²) in [6.45, 7) is 2.21. The van der Waals surface area contributed by atoms with Crippen molar-refractivity contribution >= 4 is 11.6 Å². The molecule has 2 unspecified atom stereocenters. The van der Waals surface area contributed by atoms with E-state index in [0.717, 1.165) is 11.4 Å². The number of benzene rings is 2. The predicted molar refractivity (Wildman–Crippen MR) is 84.0 cm³/mol. The molecule has 0 aliphatic rings. The highest BCUT2D eigenvalue weighted by Crippen LogP contribution is 2.17. The van der Waals surface area contributed by atoms with E-state index in [1.807, 2.05) is 42.5 Å². The van der Waals surface area contributed by atoms with Crippen LogP contribution >= 0.6 is 11.6 Å². The molecule has 0 saturated heterocycles. The van der Waals surface area contributed by atoms with Crippen LogP contribution in [0.3, 0.4) is 0 Å². The van der Waals surface area contributed by atoms with E-state index in [4.69, 9.17) is 11.6 Å². The van der Waals surface area contributed by atoms with E-state index >= 15 is 0 Å². The minimum Gasteiger partial charge on any atom is -0.395 e. The molecule has 0 aliphatic heterocycles. The van der Waals surface area contributed by atoms with Gasteiger partial charge in [-0.1, -0.05) is 54.1 Å². The van der Waals surface area contributed by atoms with Crippen LogP contribution in [0.15, 0.2) is 54.6 Å². The molecule has 2 aromatic carbocycles. The number of hydrogen-bond donors (Lipinski definition) is 2. The largest absolute Gasteiger partial charge is 0.395 e. The van der Waals surface area contributed by atoms with Crippen molar-refractivity contribution < 1.29 is 5.11 Å². The molecule has 2 atom stereocenters. The lowest BCUT2D eigenvalue weighted by molar-refractivity contribution is 0.232. The second-order valence-corrected chi connectivity index (χ2v) is 5.45. The molecule has 20 heavy (non-hydrogen) atoms. The van der Waals surface area contributed by atoms with Gasteiger partial charge < -0.3 is 10.4 Å². The molecular weight excluding hydrogens is 270 g/mol. The van der Waals surface area contributed by atoms with Gasteiger partial charge >= 0.3 is 0 Å². The highest BCUT2D eigenvalue weighted by atomic mass is 35.5. The minimum atomic E-state index is 0.0445. The van der Waals surface area contributed by atoms with E-state index < -0.39 is 0 Å². The summed E-state index contributed by atoms with van der Waals surface area (Å²) < 4.78 is 0. The van der Waals surface area contributed by atoms with E-state index in [1.54, 1.807) is 0 Å². The number of aliphatic hydroxyl groups is 1. The van der Waals surface area contributed by atoms with Gasteiger partial charge in [-0.15, -0.1) is 0 Å². The maximum absolute atomic E-state index is 9.54. The zero-order chi connectivity index (χ0) is 14.4. The number of rotatable bonds is 6. The molecule has 2 rings (SSSR count). The van der Waals surface area contributed by atoms with Gasteiger partial charge in [0.25, 0.3) is 0 Å². The Hall–Kier alpha value is -1.35. The Morgan fingerprint density at radius 3 is 2.30 bits per heavy atom. The number of hydrogen-bond acceptors (Lipinski definition) is 2.